The third kappa shape index (κ3) is 2.63. The molecule has 3 heteroatoms. The molecule has 0 aliphatic carbocycles. The Bertz CT molecular complexity index is 297. The number of halogens is 1. The Hall–Kier alpha value is -0.730. The van der Waals surface area contributed by atoms with Crippen LogP contribution in [0, 0.1) is 0 Å². The molecule has 0 radical (unpaired) electrons. The monoisotopic (exact) mass is 213 g/mol. The summed E-state index contributed by atoms with van der Waals surface area (Å²) in [6.07, 6.45) is 0. The molecule has 1 rings (SSSR count). The van der Waals surface area contributed by atoms with E-state index in [1.54, 1.807) is 6.07 Å². The minimum atomic E-state index is 0.209. The fourth-order valence-electron chi connectivity index (χ4n) is 1.38. The molecule has 0 atom stereocenters. The Morgan fingerprint density at radius 1 is 1.29 bits per heavy atom. The molecule has 2 nitrogen and oxygen atoms in total. The highest BCUT2D eigenvalue weighted by atomic mass is 35.5. The highest BCUT2D eigenvalue weighted by Crippen LogP contribution is 2.27. The molecule has 78 valence electrons. The van der Waals surface area contributed by atoms with Gasteiger partial charge in [-0.05, 0) is 19.2 Å². The highest BCUT2D eigenvalue weighted by Gasteiger charge is 2.07. The third-order valence-corrected chi connectivity index (χ3v) is 2.66. The first kappa shape index (κ1) is 11.3. The molecule has 14 heavy (non-hydrogen) atoms. The molecule has 0 amide bonds. The van der Waals surface area contributed by atoms with E-state index in [4.69, 9.17) is 11.6 Å². The van der Waals surface area contributed by atoms with E-state index in [0.29, 0.717) is 5.02 Å². The van der Waals surface area contributed by atoms with Crippen LogP contribution in [0.15, 0.2) is 18.2 Å². The van der Waals surface area contributed by atoms with Crippen LogP contribution in [0.3, 0.4) is 0 Å². The summed E-state index contributed by atoms with van der Waals surface area (Å²) in [6.45, 7) is 6.90. The van der Waals surface area contributed by atoms with Crippen molar-refractivity contribution in [2.75, 3.05) is 13.1 Å². The number of hydrogen-bond acceptors (Lipinski definition) is 2. The molecule has 0 fully saturated rings. The number of nitrogens with zero attached hydrogens (tertiary/aromatic N) is 1. The molecule has 0 heterocycles. The predicted molar refractivity (Wildman–Crippen MR) is 59.7 cm³/mol. The molecule has 0 saturated carbocycles. The Balaban J connectivity index is 2.80. The van der Waals surface area contributed by atoms with E-state index in [-0.39, 0.29) is 5.75 Å². The molecule has 0 bridgehead atoms. The Morgan fingerprint density at radius 2 is 1.93 bits per heavy atom. The van der Waals surface area contributed by atoms with Gasteiger partial charge in [0, 0.05) is 12.1 Å². The van der Waals surface area contributed by atoms with Crippen molar-refractivity contribution in [2.45, 2.75) is 20.4 Å². The molecule has 0 aliphatic rings. The van der Waals surface area contributed by atoms with E-state index in [0.717, 1.165) is 25.2 Å². The maximum absolute atomic E-state index is 9.68. The Morgan fingerprint density at radius 3 is 2.50 bits per heavy atom. The quantitative estimate of drug-likeness (QED) is 0.832. The van der Waals surface area contributed by atoms with Crippen LogP contribution >= 0.6 is 11.6 Å². The summed E-state index contributed by atoms with van der Waals surface area (Å²) >= 11 is 5.82. The van der Waals surface area contributed by atoms with Crippen LogP contribution in [0.2, 0.25) is 5.02 Å². The number of rotatable bonds is 4. The average molecular weight is 214 g/mol. The van der Waals surface area contributed by atoms with Crippen molar-refractivity contribution in [2.24, 2.45) is 0 Å². The number of aromatic hydroxyl groups is 1. The van der Waals surface area contributed by atoms with Gasteiger partial charge in [-0.15, -0.1) is 0 Å². The molecule has 0 aromatic heterocycles. The van der Waals surface area contributed by atoms with E-state index in [1.807, 2.05) is 12.1 Å². The molecule has 1 aromatic rings. The van der Waals surface area contributed by atoms with Crippen LogP contribution in [-0.2, 0) is 6.54 Å². The van der Waals surface area contributed by atoms with Crippen LogP contribution < -0.4 is 0 Å². The molecular formula is C11H16ClNO. The number of hydrogen-bond donors (Lipinski definition) is 1. The summed E-state index contributed by atoms with van der Waals surface area (Å²) in [7, 11) is 0. The van der Waals surface area contributed by atoms with Crippen molar-refractivity contribution in [1.29, 1.82) is 0 Å². The van der Waals surface area contributed by atoms with Gasteiger partial charge in [-0.3, -0.25) is 4.90 Å². The summed E-state index contributed by atoms with van der Waals surface area (Å²) in [5.41, 5.74) is 0.890. The Kier molecular flexibility index (Phi) is 4.23. The van der Waals surface area contributed by atoms with E-state index in [9.17, 15) is 5.11 Å². The zero-order chi connectivity index (χ0) is 10.6. The van der Waals surface area contributed by atoms with Gasteiger partial charge < -0.3 is 5.11 Å². The summed E-state index contributed by atoms with van der Waals surface area (Å²) in [5.74, 6) is 0.209. The summed E-state index contributed by atoms with van der Waals surface area (Å²) in [6, 6.07) is 5.46. The van der Waals surface area contributed by atoms with Gasteiger partial charge in [0.1, 0.15) is 5.75 Å². The minimum absolute atomic E-state index is 0.209. The first-order chi connectivity index (χ1) is 6.69. The first-order valence-electron chi connectivity index (χ1n) is 4.87. The first-order valence-corrected chi connectivity index (χ1v) is 5.25. The van der Waals surface area contributed by atoms with Crippen molar-refractivity contribution < 1.29 is 5.11 Å². The molecular weight excluding hydrogens is 198 g/mol. The van der Waals surface area contributed by atoms with Crippen LogP contribution in [0.5, 0.6) is 5.75 Å². The second-order valence-electron chi connectivity index (χ2n) is 3.21. The molecule has 0 aliphatic heterocycles. The van der Waals surface area contributed by atoms with Crippen molar-refractivity contribution in [3.63, 3.8) is 0 Å². The largest absolute Gasteiger partial charge is 0.506 e. The smallest absolute Gasteiger partial charge is 0.138 e. The fraction of sp³-hybridized carbons (Fsp3) is 0.455. The van der Waals surface area contributed by atoms with E-state index < -0.39 is 0 Å². The molecule has 0 unspecified atom stereocenters. The molecule has 0 saturated heterocycles. The van der Waals surface area contributed by atoms with E-state index in [2.05, 4.69) is 18.7 Å². The molecule has 1 N–H and O–H groups in total. The van der Waals surface area contributed by atoms with E-state index in [1.165, 1.54) is 0 Å². The second kappa shape index (κ2) is 5.23. The number of para-hydroxylation sites is 1. The third-order valence-electron chi connectivity index (χ3n) is 2.36. The lowest BCUT2D eigenvalue weighted by atomic mass is 10.2. The van der Waals surface area contributed by atoms with Gasteiger partial charge in [-0.1, -0.05) is 37.6 Å². The number of phenols is 1. The highest BCUT2D eigenvalue weighted by molar-refractivity contribution is 6.32. The van der Waals surface area contributed by atoms with Gasteiger partial charge in [0.15, 0.2) is 0 Å². The minimum Gasteiger partial charge on any atom is -0.506 e. The molecule has 1 aromatic carbocycles. The Labute approximate surface area is 90.1 Å². The van der Waals surface area contributed by atoms with Crippen LogP contribution in [0.1, 0.15) is 19.4 Å². The van der Waals surface area contributed by atoms with Crippen LogP contribution in [0.25, 0.3) is 0 Å². The van der Waals surface area contributed by atoms with Crippen LogP contribution in [-0.4, -0.2) is 23.1 Å². The summed E-state index contributed by atoms with van der Waals surface area (Å²) < 4.78 is 0. The van der Waals surface area contributed by atoms with Gasteiger partial charge in [0.2, 0.25) is 0 Å². The average Bonchev–Trinajstić information content (AvgIpc) is 2.20. The second-order valence-corrected chi connectivity index (χ2v) is 3.62. The topological polar surface area (TPSA) is 23.5 Å². The lowest BCUT2D eigenvalue weighted by molar-refractivity contribution is 0.291. The number of phenolic OH excluding ortho intramolecular Hbond substituents is 1. The van der Waals surface area contributed by atoms with Crippen molar-refractivity contribution in [1.82, 2.24) is 4.90 Å². The van der Waals surface area contributed by atoms with Crippen molar-refractivity contribution in [3.05, 3.63) is 28.8 Å². The maximum atomic E-state index is 9.68. The maximum Gasteiger partial charge on any atom is 0.138 e. The summed E-state index contributed by atoms with van der Waals surface area (Å²) in [4.78, 5) is 2.23. The van der Waals surface area contributed by atoms with E-state index >= 15 is 0 Å². The zero-order valence-corrected chi connectivity index (χ0v) is 9.38. The summed E-state index contributed by atoms with van der Waals surface area (Å²) in [5, 5.41) is 10.1. The molecule has 0 spiro atoms. The normalized spacial score (nSPS) is 10.9. The van der Waals surface area contributed by atoms with Gasteiger partial charge in [-0.2, -0.15) is 0 Å². The van der Waals surface area contributed by atoms with Gasteiger partial charge in [0.25, 0.3) is 0 Å². The van der Waals surface area contributed by atoms with Gasteiger partial charge in [0.05, 0.1) is 5.02 Å². The van der Waals surface area contributed by atoms with Gasteiger partial charge in [-0.25, -0.2) is 0 Å². The SMILES string of the molecule is CCN(CC)Cc1cccc(Cl)c1O. The predicted octanol–water partition coefficient (Wildman–Crippen LogP) is 2.89. The van der Waals surface area contributed by atoms with Crippen LogP contribution in [0.4, 0.5) is 0 Å². The lowest BCUT2D eigenvalue weighted by Gasteiger charge is -2.18. The number of benzene rings is 1. The van der Waals surface area contributed by atoms with Crippen molar-refractivity contribution in [3.8, 4) is 5.75 Å². The fourth-order valence-corrected chi connectivity index (χ4v) is 1.57. The lowest BCUT2D eigenvalue weighted by Crippen LogP contribution is -2.22. The standard InChI is InChI=1S/C11H16ClNO/c1-3-13(4-2)8-9-6-5-7-10(12)11(9)14/h5-7,14H,3-4,8H2,1-2H3. The zero-order valence-electron chi connectivity index (χ0n) is 8.63. The van der Waals surface area contributed by atoms with Crippen molar-refractivity contribution >= 4 is 11.6 Å². The van der Waals surface area contributed by atoms with Gasteiger partial charge >= 0.3 is 0 Å².